The Morgan fingerprint density at radius 3 is 2.81 bits per heavy atom. The summed E-state index contributed by atoms with van der Waals surface area (Å²) in [5.74, 6) is -0.208. The summed E-state index contributed by atoms with van der Waals surface area (Å²) in [7, 11) is 0. The molecule has 0 unspecified atom stereocenters. The second-order valence-electron chi connectivity index (χ2n) is 3.44. The van der Waals surface area contributed by atoms with Gasteiger partial charge in [-0.25, -0.2) is 9.37 Å². The van der Waals surface area contributed by atoms with Gasteiger partial charge in [0.15, 0.2) is 5.13 Å². The summed E-state index contributed by atoms with van der Waals surface area (Å²) in [6, 6.07) is 4.97. The normalized spacial score (nSPS) is 10.7. The summed E-state index contributed by atoms with van der Waals surface area (Å²) in [6.45, 7) is 1.89. The van der Waals surface area contributed by atoms with Gasteiger partial charge in [-0.3, -0.25) is 0 Å². The van der Waals surface area contributed by atoms with Gasteiger partial charge in [-0.1, -0.05) is 22.0 Å². The van der Waals surface area contributed by atoms with Crippen LogP contribution in [0.4, 0.5) is 9.52 Å². The van der Waals surface area contributed by atoms with Crippen LogP contribution in [0.25, 0.3) is 0 Å². The standard InChI is InChI=1S/C11H10BrFN2S/c1-6-10(16-11(14)15-6)5-7-8(12)3-2-4-9(7)13/h2-4H,5H2,1H3,(H2,14,15). The summed E-state index contributed by atoms with van der Waals surface area (Å²) < 4.78 is 14.4. The van der Waals surface area contributed by atoms with Crippen LogP contribution in [-0.2, 0) is 6.42 Å². The van der Waals surface area contributed by atoms with Gasteiger partial charge in [0.05, 0.1) is 5.69 Å². The van der Waals surface area contributed by atoms with E-state index in [1.165, 1.54) is 17.4 Å². The van der Waals surface area contributed by atoms with Crippen LogP contribution >= 0.6 is 27.3 Å². The first-order valence-corrected chi connectivity index (χ1v) is 6.33. The molecule has 0 saturated carbocycles. The Balaban J connectivity index is 2.37. The number of benzene rings is 1. The largest absolute Gasteiger partial charge is 0.375 e. The summed E-state index contributed by atoms with van der Waals surface area (Å²) in [5, 5.41) is 0.528. The van der Waals surface area contributed by atoms with Crippen molar-refractivity contribution in [3.05, 3.63) is 44.6 Å². The van der Waals surface area contributed by atoms with E-state index >= 15 is 0 Å². The number of thiazole rings is 1. The van der Waals surface area contributed by atoms with E-state index in [2.05, 4.69) is 20.9 Å². The molecule has 0 aliphatic rings. The van der Waals surface area contributed by atoms with Crippen LogP contribution in [0.5, 0.6) is 0 Å². The predicted octanol–water partition coefficient (Wildman–Crippen LogP) is 3.53. The first-order chi connectivity index (χ1) is 7.58. The van der Waals surface area contributed by atoms with Gasteiger partial charge < -0.3 is 5.73 Å². The Labute approximate surface area is 105 Å². The second-order valence-corrected chi connectivity index (χ2v) is 5.41. The van der Waals surface area contributed by atoms with Crippen molar-refractivity contribution < 1.29 is 4.39 Å². The second kappa shape index (κ2) is 4.51. The zero-order chi connectivity index (χ0) is 11.7. The average Bonchev–Trinajstić information content (AvgIpc) is 2.51. The number of aryl methyl sites for hydroxylation is 1. The SMILES string of the molecule is Cc1nc(N)sc1Cc1c(F)cccc1Br. The van der Waals surface area contributed by atoms with Crippen LogP contribution in [0.15, 0.2) is 22.7 Å². The number of hydrogen-bond acceptors (Lipinski definition) is 3. The molecule has 84 valence electrons. The van der Waals surface area contributed by atoms with Crippen LogP contribution in [-0.4, -0.2) is 4.98 Å². The Kier molecular flexibility index (Phi) is 3.25. The summed E-state index contributed by atoms with van der Waals surface area (Å²) in [4.78, 5) is 5.13. The molecule has 0 atom stereocenters. The lowest BCUT2D eigenvalue weighted by atomic mass is 10.1. The molecule has 0 aliphatic heterocycles. The first kappa shape index (κ1) is 11.5. The minimum atomic E-state index is -0.208. The lowest BCUT2D eigenvalue weighted by molar-refractivity contribution is 0.613. The van der Waals surface area contributed by atoms with E-state index in [-0.39, 0.29) is 5.82 Å². The fourth-order valence-corrected chi connectivity index (χ4v) is 2.80. The van der Waals surface area contributed by atoms with Crippen molar-refractivity contribution in [2.75, 3.05) is 5.73 Å². The molecule has 0 amide bonds. The predicted molar refractivity (Wildman–Crippen MR) is 68.2 cm³/mol. The fraction of sp³-hybridized carbons (Fsp3) is 0.182. The Morgan fingerprint density at radius 1 is 1.50 bits per heavy atom. The highest BCUT2D eigenvalue weighted by Crippen LogP contribution is 2.27. The number of halogens is 2. The van der Waals surface area contributed by atoms with E-state index in [1.807, 2.05) is 13.0 Å². The van der Waals surface area contributed by atoms with Crippen LogP contribution in [0.2, 0.25) is 0 Å². The zero-order valence-corrected chi connectivity index (χ0v) is 11.0. The third-order valence-corrected chi connectivity index (χ3v) is 4.04. The number of hydrogen-bond donors (Lipinski definition) is 1. The highest BCUT2D eigenvalue weighted by Gasteiger charge is 2.11. The smallest absolute Gasteiger partial charge is 0.180 e. The number of nitrogen functional groups attached to an aromatic ring is 1. The minimum absolute atomic E-state index is 0.208. The van der Waals surface area contributed by atoms with E-state index in [0.717, 1.165) is 15.0 Å². The molecular formula is C11H10BrFN2S. The summed E-state index contributed by atoms with van der Waals surface area (Å²) in [6.07, 6.45) is 0.522. The van der Waals surface area contributed by atoms with Crippen molar-refractivity contribution in [2.45, 2.75) is 13.3 Å². The molecule has 0 aliphatic carbocycles. The molecule has 1 heterocycles. The van der Waals surface area contributed by atoms with Gasteiger partial charge in [0.25, 0.3) is 0 Å². The van der Waals surface area contributed by atoms with E-state index in [4.69, 9.17) is 5.73 Å². The third-order valence-electron chi connectivity index (χ3n) is 2.31. The van der Waals surface area contributed by atoms with Gasteiger partial charge in [0.2, 0.25) is 0 Å². The van der Waals surface area contributed by atoms with Crippen LogP contribution in [0, 0.1) is 12.7 Å². The van der Waals surface area contributed by atoms with Gasteiger partial charge in [-0.2, -0.15) is 0 Å². The van der Waals surface area contributed by atoms with Gasteiger partial charge in [0.1, 0.15) is 5.82 Å². The number of rotatable bonds is 2. The number of aromatic nitrogens is 1. The van der Waals surface area contributed by atoms with Gasteiger partial charge in [-0.05, 0) is 19.1 Å². The first-order valence-electron chi connectivity index (χ1n) is 4.72. The Morgan fingerprint density at radius 2 is 2.25 bits per heavy atom. The van der Waals surface area contributed by atoms with Crippen LogP contribution in [0.3, 0.4) is 0 Å². The third kappa shape index (κ3) is 2.25. The molecular weight excluding hydrogens is 291 g/mol. The molecule has 2 nitrogen and oxygen atoms in total. The molecule has 0 fully saturated rings. The van der Waals surface area contributed by atoms with Gasteiger partial charge >= 0.3 is 0 Å². The average molecular weight is 301 g/mol. The molecule has 0 spiro atoms. The van der Waals surface area contributed by atoms with E-state index in [9.17, 15) is 4.39 Å². The summed E-state index contributed by atoms with van der Waals surface area (Å²) in [5.41, 5.74) is 7.13. The maximum absolute atomic E-state index is 13.6. The Bertz CT molecular complexity index is 504. The number of nitrogens with zero attached hydrogens (tertiary/aromatic N) is 1. The van der Waals surface area contributed by atoms with Gasteiger partial charge in [0, 0.05) is 21.3 Å². The minimum Gasteiger partial charge on any atom is -0.375 e. The van der Waals surface area contributed by atoms with E-state index in [0.29, 0.717) is 17.1 Å². The molecule has 0 saturated heterocycles. The topological polar surface area (TPSA) is 38.9 Å². The number of nitrogens with two attached hydrogens (primary N) is 1. The quantitative estimate of drug-likeness (QED) is 0.921. The highest BCUT2D eigenvalue weighted by molar-refractivity contribution is 9.10. The molecule has 2 N–H and O–H groups in total. The summed E-state index contributed by atoms with van der Waals surface area (Å²) >= 11 is 4.75. The molecule has 16 heavy (non-hydrogen) atoms. The van der Waals surface area contributed by atoms with Crippen molar-refractivity contribution >= 4 is 32.4 Å². The maximum Gasteiger partial charge on any atom is 0.180 e. The van der Waals surface area contributed by atoms with E-state index < -0.39 is 0 Å². The molecule has 0 bridgehead atoms. The molecule has 5 heteroatoms. The molecule has 1 aromatic carbocycles. The monoisotopic (exact) mass is 300 g/mol. The highest BCUT2D eigenvalue weighted by atomic mass is 79.9. The van der Waals surface area contributed by atoms with Crippen molar-refractivity contribution in [1.82, 2.24) is 4.98 Å². The fourth-order valence-electron chi connectivity index (χ4n) is 1.48. The van der Waals surface area contributed by atoms with Crippen molar-refractivity contribution in [3.63, 3.8) is 0 Å². The van der Waals surface area contributed by atoms with Gasteiger partial charge in [-0.15, -0.1) is 11.3 Å². The number of anilines is 1. The van der Waals surface area contributed by atoms with Crippen molar-refractivity contribution in [1.29, 1.82) is 0 Å². The molecule has 2 aromatic rings. The lowest BCUT2D eigenvalue weighted by Crippen LogP contribution is -1.93. The zero-order valence-electron chi connectivity index (χ0n) is 8.63. The molecule has 1 aromatic heterocycles. The lowest BCUT2D eigenvalue weighted by Gasteiger charge is -2.04. The van der Waals surface area contributed by atoms with E-state index in [1.54, 1.807) is 6.07 Å². The molecule has 2 rings (SSSR count). The Hall–Kier alpha value is -0.940. The maximum atomic E-state index is 13.6. The van der Waals surface area contributed by atoms with Crippen LogP contribution < -0.4 is 5.73 Å². The van der Waals surface area contributed by atoms with Crippen molar-refractivity contribution in [2.24, 2.45) is 0 Å². The van der Waals surface area contributed by atoms with Crippen molar-refractivity contribution in [3.8, 4) is 0 Å². The molecule has 0 radical (unpaired) electrons. The van der Waals surface area contributed by atoms with Crippen LogP contribution in [0.1, 0.15) is 16.1 Å².